The van der Waals surface area contributed by atoms with Gasteiger partial charge in [0.1, 0.15) is 6.61 Å². The molecular formula is C15H26O4. The third-order valence-corrected chi connectivity index (χ3v) is 2.51. The van der Waals surface area contributed by atoms with Crippen molar-refractivity contribution in [1.82, 2.24) is 0 Å². The van der Waals surface area contributed by atoms with E-state index in [2.05, 4.69) is 6.92 Å². The normalized spacial score (nSPS) is 9.84. The van der Waals surface area contributed by atoms with Crippen molar-refractivity contribution in [3.8, 4) is 0 Å². The minimum absolute atomic E-state index is 0.229. The summed E-state index contributed by atoms with van der Waals surface area (Å²) in [5.74, 6) is -0.496. The standard InChI is InChI=1S/C15H26O4/c1-4-5-6-11-18-14(16)8-7-9-15(17)19-12-10-13(2)3/h10H,4-9,11-12H2,1-3H3. The smallest absolute Gasteiger partial charge is 0.306 e. The number of carbonyl (C=O) groups excluding carboxylic acids is 2. The Morgan fingerprint density at radius 1 is 0.947 bits per heavy atom. The molecule has 19 heavy (non-hydrogen) atoms. The summed E-state index contributed by atoms with van der Waals surface area (Å²) in [6, 6.07) is 0. The Morgan fingerprint density at radius 2 is 1.58 bits per heavy atom. The molecule has 0 heterocycles. The maximum Gasteiger partial charge on any atom is 0.306 e. The predicted molar refractivity (Wildman–Crippen MR) is 74.7 cm³/mol. The van der Waals surface area contributed by atoms with Crippen LogP contribution < -0.4 is 0 Å². The molecule has 0 radical (unpaired) electrons. The fourth-order valence-electron chi connectivity index (χ4n) is 1.36. The van der Waals surface area contributed by atoms with Gasteiger partial charge in [0.15, 0.2) is 0 Å². The van der Waals surface area contributed by atoms with E-state index >= 15 is 0 Å². The maximum absolute atomic E-state index is 11.3. The summed E-state index contributed by atoms with van der Waals surface area (Å²) in [7, 11) is 0. The van der Waals surface area contributed by atoms with E-state index in [1.165, 1.54) is 0 Å². The fraction of sp³-hybridized carbons (Fsp3) is 0.733. The molecule has 0 fully saturated rings. The van der Waals surface area contributed by atoms with Crippen LogP contribution in [0.5, 0.6) is 0 Å². The van der Waals surface area contributed by atoms with E-state index in [0.29, 0.717) is 19.6 Å². The van der Waals surface area contributed by atoms with Crippen molar-refractivity contribution in [2.45, 2.75) is 59.3 Å². The fourth-order valence-corrected chi connectivity index (χ4v) is 1.36. The van der Waals surface area contributed by atoms with Gasteiger partial charge in [0.2, 0.25) is 0 Å². The SMILES string of the molecule is CCCCCOC(=O)CCCC(=O)OCC=C(C)C. The van der Waals surface area contributed by atoms with Crippen molar-refractivity contribution in [2.75, 3.05) is 13.2 Å². The first-order chi connectivity index (χ1) is 9.06. The Morgan fingerprint density at radius 3 is 2.16 bits per heavy atom. The van der Waals surface area contributed by atoms with E-state index < -0.39 is 0 Å². The first kappa shape index (κ1) is 17.7. The van der Waals surface area contributed by atoms with Gasteiger partial charge in [-0.3, -0.25) is 9.59 Å². The molecule has 110 valence electrons. The van der Waals surface area contributed by atoms with Gasteiger partial charge in [0.25, 0.3) is 0 Å². The highest BCUT2D eigenvalue weighted by molar-refractivity contribution is 5.72. The van der Waals surface area contributed by atoms with Crippen molar-refractivity contribution in [3.63, 3.8) is 0 Å². The van der Waals surface area contributed by atoms with Crippen LogP contribution in [0, 0.1) is 0 Å². The molecule has 0 bridgehead atoms. The molecule has 0 aromatic heterocycles. The van der Waals surface area contributed by atoms with Gasteiger partial charge in [0.05, 0.1) is 6.61 Å². The van der Waals surface area contributed by atoms with Crippen molar-refractivity contribution in [3.05, 3.63) is 11.6 Å². The first-order valence-electron chi connectivity index (χ1n) is 7.00. The summed E-state index contributed by atoms with van der Waals surface area (Å²) in [6.45, 7) is 6.79. The van der Waals surface area contributed by atoms with Crippen molar-refractivity contribution in [1.29, 1.82) is 0 Å². The molecule has 0 aromatic carbocycles. The van der Waals surface area contributed by atoms with Gasteiger partial charge in [-0.1, -0.05) is 25.3 Å². The lowest BCUT2D eigenvalue weighted by molar-refractivity contribution is -0.145. The van der Waals surface area contributed by atoms with E-state index in [9.17, 15) is 9.59 Å². The van der Waals surface area contributed by atoms with Gasteiger partial charge in [-0.05, 0) is 32.8 Å². The van der Waals surface area contributed by atoms with Gasteiger partial charge in [-0.15, -0.1) is 0 Å². The number of hydrogen-bond acceptors (Lipinski definition) is 4. The Balaban J connectivity index is 3.48. The second-order valence-electron chi connectivity index (χ2n) is 4.75. The van der Waals surface area contributed by atoms with E-state index in [1.54, 1.807) is 0 Å². The summed E-state index contributed by atoms with van der Waals surface area (Å²) in [4.78, 5) is 22.6. The quantitative estimate of drug-likeness (QED) is 0.347. The number of allylic oxidation sites excluding steroid dienone is 1. The van der Waals surface area contributed by atoms with Gasteiger partial charge in [-0.25, -0.2) is 0 Å². The van der Waals surface area contributed by atoms with Crippen molar-refractivity contribution in [2.24, 2.45) is 0 Å². The molecule has 0 saturated heterocycles. The lowest BCUT2D eigenvalue weighted by Gasteiger charge is -2.04. The van der Waals surface area contributed by atoms with Crippen LogP contribution in [0.15, 0.2) is 11.6 Å². The van der Waals surface area contributed by atoms with E-state index in [0.717, 1.165) is 24.8 Å². The molecule has 0 spiro atoms. The topological polar surface area (TPSA) is 52.6 Å². The molecule has 0 amide bonds. The third-order valence-electron chi connectivity index (χ3n) is 2.51. The summed E-state index contributed by atoms with van der Waals surface area (Å²) < 4.78 is 10.0. The average Bonchev–Trinajstić information content (AvgIpc) is 2.34. The highest BCUT2D eigenvalue weighted by Crippen LogP contribution is 2.02. The first-order valence-corrected chi connectivity index (χ1v) is 7.00. The molecule has 0 aliphatic heterocycles. The Labute approximate surface area is 116 Å². The molecule has 0 N–H and O–H groups in total. The molecule has 0 aliphatic carbocycles. The number of ether oxygens (including phenoxy) is 2. The monoisotopic (exact) mass is 270 g/mol. The van der Waals surface area contributed by atoms with Gasteiger partial charge < -0.3 is 9.47 Å². The number of carbonyl (C=O) groups is 2. The summed E-state index contributed by atoms with van der Waals surface area (Å²) in [6.07, 6.45) is 5.97. The zero-order valence-corrected chi connectivity index (χ0v) is 12.4. The van der Waals surface area contributed by atoms with Crippen LogP contribution in [0.4, 0.5) is 0 Å². The zero-order chi connectivity index (χ0) is 14.5. The number of rotatable bonds is 10. The largest absolute Gasteiger partial charge is 0.466 e. The molecule has 0 unspecified atom stereocenters. The molecule has 4 nitrogen and oxygen atoms in total. The Kier molecular flexibility index (Phi) is 10.9. The number of unbranched alkanes of at least 4 members (excludes halogenated alkanes) is 2. The van der Waals surface area contributed by atoms with Crippen LogP contribution in [0.25, 0.3) is 0 Å². The van der Waals surface area contributed by atoms with Crippen LogP contribution in [0.3, 0.4) is 0 Å². The Hall–Kier alpha value is -1.32. The van der Waals surface area contributed by atoms with Crippen molar-refractivity contribution < 1.29 is 19.1 Å². The molecule has 4 heteroatoms. The molecular weight excluding hydrogens is 244 g/mol. The Bertz CT molecular complexity index is 291. The van der Waals surface area contributed by atoms with E-state index in [-0.39, 0.29) is 24.8 Å². The number of hydrogen-bond donors (Lipinski definition) is 0. The van der Waals surface area contributed by atoms with Gasteiger partial charge in [-0.2, -0.15) is 0 Å². The number of esters is 2. The minimum atomic E-state index is -0.267. The summed E-state index contributed by atoms with van der Waals surface area (Å²) in [5, 5.41) is 0. The van der Waals surface area contributed by atoms with Gasteiger partial charge in [0, 0.05) is 12.8 Å². The van der Waals surface area contributed by atoms with Crippen LogP contribution in [-0.2, 0) is 19.1 Å². The molecule has 0 atom stereocenters. The lowest BCUT2D eigenvalue weighted by atomic mass is 10.2. The van der Waals surface area contributed by atoms with Gasteiger partial charge >= 0.3 is 11.9 Å². The average molecular weight is 270 g/mol. The van der Waals surface area contributed by atoms with E-state index in [4.69, 9.17) is 9.47 Å². The third kappa shape index (κ3) is 12.9. The zero-order valence-electron chi connectivity index (χ0n) is 12.4. The maximum atomic E-state index is 11.3. The van der Waals surface area contributed by atoms with E-state index in [1.807, 2.05) is 19.9 Å². The second kappa shape index (κ2) is 11.8. The summed E-state index contributed by atoms with van der Waals surface area (Å²) in [5.41, 5.74) is 1.11. The lowest BCUT2D eigenvalue weighted by Crippen LogP contribution is -2.08. The predicted octanol–water partition coefficient (Wildman–Crippen LogP) is 3.40. The highest BCUT2D eigenvalue weighted by atomic mass is 16.5. The molecule has 0 aromatic rings. The van der Waals surface area contributed by atoms with Crippen LogP contribution in [0.1, 0.15) is 59.3 Å². The summed E-state index contributed by atoms with van der Waals surface area (Å²) >= 11 is 0. The van der Waals surface area contributed by atoms with Crippen LogP contribution in [-0.4, -0.2) is 25.2 Å². The highest BCUT2D eigenvalue weighted by Gasteiger charge is 2.06. The second-order valence-corrected chi connectivity index (χ2v) is 4.75. The minimum Gasteiger partial charge on any atom is -0.466 e. The van der Waals surface area contributed by atoms with Crippen LogP contribution in [0.2, 0.25) is 0 Å². The molecule has 0 saturated carbocycles. The molecule has 0 aliphatic rings. The molecule has 0 rings (SSSR count). The van der Waals surface area contributed by atoms with Crippen molar-refractivity contribution >= 4 is 11.9 Å². The van der Waals surface area contributed by atoms with Crippen LogP contribution >= 0.6 is 0 Å².